The number of amides is 1. The van der Waals surface area contributed by atoms with E-state index in [0.717, 1.165) is 12.8 Å². The Morgan fingerprint density at radius 2 is 2.18 bits per heavy atom. The Morgan fingerprint density at radius 1 is 1.41 bits per heavy atom. The number of morpholine rings is 1. The summed E-state index contributed by atoms with van der Waals surface area (Å²) in [5.41, 5.74) is 0. The van der Waals surface area contributed by atoms with Crippen molar-refractivity contribution in [3.05, 3.63) is 11.7 Å². The summed E-state index contributed by atoms with van der Waals surface area (Å²) < 4.78 is 34.5. The fraction of sp³-hybridized carbons (Fsp3) is 0.769. The first-order valence-corrected chi connectivity index (χ1v) is 9.17. The minimum Gasteiger partial charge on any atom is -0.375 e. The van der Waals surface area contributed by atoms with Gasteiger partial charge < -0.3 is 14.2 Å². The maximum absolute atomic E-state index is 12.1. The lowest BCUT2D eigenvalue weighted by atomic mass is 10.3. The number of sulfone groups is 1. The maximum atomic E-state index is 12.1. The molecule has 1 saturated carbocycles. The van der Waals surface area contributed by atoms with E-state index in [9.17, 15) is 13.2 Å². The SMILES string of the molecule is CC1CN(C(=O)CS(=O)(=O)Cc2nc(C3CC3)no2)CCO1. The molecule has 1 unspecified atom stereocenters. The number of rotatable bonds is 5. The lowest BCUT2D eigenvalue weighted by Crippen LogP contribution is -2.46. The second-order valence-electron chi connectivity index (χ2n) is 5.87. The molecule has 2 aliphatic rings. The van der Waals surface area contributed by atoms with Crippen LogP contribution in [0.25, 0.3) is 0 Å². The third kappa shape index (κ3) is 3.83. The zero-order valence-corrected chi connectivity index (χ0v) is 13.2. The van der Waals surface area contributed by atoms with Crippen LogP contribution in [0.2, 0.25) is 0 Å². The molecule has 1 aromatic rings. The van der Waals surface area contributed by atoms with E-state index < -0.39 is 27.3 Å². The lowest BCUT2D eigenvalue weighted by Gasteiger charge is -2.31. The van der Waals surface area contributed by atoms with Crippen molar-refractivity contribution in [2.45, 2.75) is 37.5 Å². The largest absolute Gasteiger partial charge is 0.375 e. The average molecular weight is 329 g/mol. The van der Waals surface area contributed by atoms with Crippen LogP contribution >= 0.6 is 0 Å². The number of hydrogen-bond donors (Lipinski definition) is 0. The second-order valence-corrected chi connectivity index (χ2v) is 7.94. The topological polar surface area (TPSA) is 103 Å². The number of carbonyl (C=O) groups is 1. The van der Waals surface area contributed by atoms with Gasteiger partial charge in [0, 0.05) is 19.0 Å². The highest BCUT2D eigenvalue weighted by Gasteiger charge is 2.31. The van der Waals surface area contributed by atoms with Gasteiger partial charge in [0.05, 0.1) is 12.7 Å². The molecule has 0 N–H and O–H groups in total. The van der Waals surface area contributed by atoms with E-state index in [0.29, 0.717) is 31.4 Å². The Labute approximate surface area is 128 Å². The van der Waals surface area contributed by atoms with E-state index in [1.54, 1.807) is 0 Å². The van der Waals surface area contributed by atoms with Crippen LogP contribution in [-0.2, 0) is 25.1 Å². The summed E-state index contributed by atoms with van der Waals surface area (Å²) in [6.45, 7) is 3.12. The van der Waals surface area contributed by atoms with Crippen molar-refractivity contribution in [2.24, 2.45) is 0 Å². The first-order chi connectivity index (χ1) is 10.4. The van der Waals surface area contributed by atoms with E-state index in [1.165, 1.54) is 4.90 Å². The smallest absolute Gasteiger partial charge is 0.241 e. The van der Waals surface area contributed by atoms with Crippen LogP contribution in [0, 0.1) is 0 Å². The first kappa shape index (κ1) is 15.4. The third-order valence-corrected chi connectivity index (χ3v) is 5.08. The number of nitrogens with zero attached hydrogens (tertiary/aromatic N) is 3. The summed E-state index contributed by atoms with van der Waals surface area (Å²) in [6.07, 6.45) is 1.95. The maximum Gasteiger partial charge on any atom is 0.241 e. The van der Waals surface area contributed by atoms with Crippen LogP contribution < -0.4 is 0 Å². The summed E-state index contributed by atoms with van der Waals surface area (Å²) in [7, 11) is -3.62. The van der Waals surface area contributed by atoms with Crippen LogP contribution in [0.3, 0.4) is 0 Å². The van der Waals surface area contributed by atoms with E-state index in [4.69, 9.17) is 9.26 Å². The fourth-order valence-electron chi connectivity index (χ4n) is 2.40. The molecule has 2 heterocycles. The van der Waals surface area contributed by atoms with E-state index in [1.807, 2.05) is 6.92 Å². The normalized spacial score (nSPS) is 22.8. The van der Waals surface area contributed by atoms with Gasteiger partial charge in [-0.05, 0) is 19.8 Å². The Morgan fingerprint density at radius 3 is 2.86 bits per heavy atom. The average Bonchev–Trinajstić information content (AvgIpc) is 3.19. The van der Waals surface area contributed by atoms with Gasteiger partial charge >= 0.3 is 0 Å². The lowest BCUT2D eigenvalue weighted by molar-refractivity contribution is -0.135. The number of carbonyl (C=O) groups excluding carboxylic acids is 1. The molecule has 1 aliphatic carbocycles. The summed E-state index contributed by atoms with van der Waals surface area (Å²) in [4.78, 5) is 17.7. The molecule has 1 aromatic heterocycles. The van der Waals surface area contributed by atoms with E-state index in [-0.39, 0.29) is 12.0 Å². The van der Waals surface area contributed by atoms with Crippen molar-refractivity contribution >= 4 is 15.7 Å². The first-order valence-electron chi connectivity index (χ1n) is 7.35. The van der Waals surface area contributed by atoms with Gasteiger partial charge in [-0.2, -0.15) is 4.98 Å². The molecule has 0 aromatic carbocycles. The molecule has 2 fully saturated rings. The molecule has 1 atom stereocenters. The number of aromatic nitrogens is 2. The van der Waals surface area contributed by atoms with Crippen molar-refractivity contribution < 1.29 is 22.5 Å². The fourth-order valence-corrected chi connectivity index (χ4v) is 3.55. The van der Waals surface area contributed by atoms with E-state index in [2.05, 4.69) is 10.1 Å². The molecule has 1 aliphatic heterocycles. The Bertz CT molecular complexity index is 652. The zero-order valence-electron chi connectivity index (χ0n) is 12.4. The van der Waals surface area contributed by atoms with Gasteiger partial charge in [-0.3, -0.25) is 4.79 Å². The zero-order chi connectivity index (χ0) is 15.7. The van der Waals surface area contributed by atoms with Crippen LogP contribution in [-0.4, -0.2) is 60.9 Å². The predicted octanol–water partition coefficient (Wildman–Crippen LogP) is 0.109. The number of hydrogen-bond acceptors (Lipinski definition) is 7. The molecule has 3 rings (SSSR count). The molecule has 0 spiro atoms. The van der Waals surface area contributed by atoms with Gasteiger partial charge in [0.1, 0.15) is 11.5 Å². The van der Waals surface area contributed by atoms with E-state index >= 15 is 0 Å². The summed E-state index contributed by atoms with van der Waals surface area (Å²) in [5, 5.41) is 3.78. The van der Waals surface area contributed by atoms with Crippen LogP contribution in [0.4, 0.5) is 0 Å². The molecular formula is C13H19N3O5S. The third-order valence-electron chi connectivity index (χ3n) is 3.71. The minimum absolute atomic E-state index is 0.0602. The van der Waals surface area contributed by atoms with Crippen LogP contribution in [0.15, 0.2) is 4.52 Å². The monoisotopic (exact) mass is 329 g/mol. The van der Waals surface area contributed by atoms with Gasteiger partial charge in [-0.25, -0.2) is 8.42 Å². The van der Waals surface area contributed by atoms with Gasteiger partial charge in [-0.15, -0.1) is 0 Å². The molecule has 1 amide bonds. The molecule has 0 bridgehead atoms. The standard InChI is InChI=1S/C13H19N3O5S/c1-9-6-16(4-5-20-9)12(17)8-22(18,19)7-11-14-13(15-21-11)10-2-3-10/h9-10H,2-8H2,1H3. The van der Waals surface area contributed by atoms with Crippen molar-refractivity contribution in [1.29, 1.82) is 0 Å². The summed E-state index contributed by atoms with van der Waals surface area (Å²) in [6, 6.07) is 0. The molecule has 9 heteroatoms. The molecule has 22 heavy (non-hydrogen) atoms. The Hall–Kier alpha value is -1.48. The van der Waals surface area contributed by atoms with Gasteiger partial charge in [0.2, 0.25) is 11.8 Å². The highest BCUT2D eigenvalue weighted by Crippen LogP contribution is 2.38. The Balaban J connectivity index is 1.58. The minimum atomic E-state index is -3.62. The second kappa shape index (κ2) is 5.96. The number of ether oxygens (including phenoxy) is 1. The quantitative estimate of drug-likeness (QED) is 0.755. The summed E-state index contributed by atoms with van der Waals surface area (Å²) in [5.74, 6) is -0.406. The molecule has 122 valence electrons. The summed E-state index contributed by atoms with van der Waals surface area (Å²) >= 11 is 0. The van der Waals surface area contributed by atoms with Crippen molar-refractivity contribution in [2.75, 3.05) is 25.4 Å². The molecule has 0 radical (unpaired) electrons. The van der Waals surface area contributed by atoms with Crippen LogP contribution in [0.1, 0.15) is 37.4 Å². The molecular weight excluding hydrogens is 310 g/mol. The Kier molecular flexibility index (Phi) is 4.18. The van der Waals surface area contributed by atoms with Crippen LogP contribution in [0.5, 0.6) is 0 Å². The highest BCUT2D eigenvalue weighted by molar-refractivity contribution is 7.91. The van der Waals surface area contributed by atoms with Crippen molar-refractivity contribution in [3.8, 4) is 0 Å². The van der Waals surface area contributed by atoms with Gasteiger partial charge in [0.25, 0.3) is 0 Å². The predicted molar refractivity (Wildman–Crippen MR) is 75.8 cm³/mol. The molecule has 1 saturated heterocycles. The highest BCUT2D eigenvalue weighted by atomic mass is 32.2. The van der Waals surface area contributed by atoms with Gasteiger partial charge in [-0.1, -0.05) is 5.16 Å². The van der Waals surface area contributed by atoms with Crippen molar-refractivity contribution in [1.82, 2.24) is 15.0 Å². The molecule has 8 nitrogen and oxygen atoms in total. The van der Waals surface area contributed by atoms with Crippen molar-refractivity contribution in [3.63, 3.8) is 0 Å². The van der Waals surface area contributed by atoms with Gasteiger partial charge in [0.15, 0.2) is 15.7 Å².